The van der Waals surface area contributed by atoms with Gasteiger partial charge in [0.25, 0.3) is 0 Å². The van der Waals surface area contributed by atoms with Gasteiger partial charge in [0.1, 0.15) is 0 Å². The van der Waals surface area contributed by atoms with Crippen molar-refractivity contribution in [2.45, 2.75) is 33.2 Å². The summed E-state index contributed by atoms with van der Waals surface area (Å²) in [6, 6.07) is 10.3. The number of likely N-dealkylation sites (N-methyl/N-ethyl adjacent to an activating group) is 1. The molecule has 0 saturated heterocycles. The second-order valence-corrected chi connectivity index (χ2v) is 4.99. The van der Waals surface area contributed by atoms with Gasteiger partial charge in [0.2, 0.25) is 11.7 Å². The zero-order valence-corrected chi connectivity index (χ0v) is 11.8. The molecule has 2 aromatic rings. The van der Waals surface area contributed by atoms with Gasteiger partial charge in [-0.2, -0.15) is 4.98 Å². The first-order valence-corrected chi connectivity index (χ1v) is 6.82. The molecule has 1 unspecified atom stereocenters. The highest BCUT2D eigenvalue weighted by Gasteiger charge is 2.17. The van der Waals surface area contributed by atoms with Gasteiger partial charge in [0, 0.05) is 18.0 Å². The number of nitrogens with zero attached hydrogens (tertiary/aromatic N) is 2. The van der Waals surface area contributed by atoms with Gasteiger partial charge >= 0.3 is 0 Å². The van der Waals surface area contributed by atoms with Crippen LogP contribution in [-0.2, 0) is 6.42 Å². The molecule has 0 radical (unpaired) electrons. The van der Waals surface area contributed by atoms with Crippen molar-refractivity contribution in [2.24, 2.45) is 5.92 Å². The molecule has 4 heteroatoms. The SMILES string of the molecule is CCNC(Cc1nc(-c2ccccc2)no1)C(C)C. The molecule has 1 aromatic carbocycles. The van der Waals surface area contributed by atoms with Crippen molar-refractivity contribution in [2.75, 3.05) is 6.54 Å². The maximum absolute atomic E-state index is 5.34. The molecule has 1 N–H and O–H groups in total. The quantitative estimate of drug-likeness (QED) is 0.866. The first-order chi connectivity index (χ1) is 9.20. The Hall–Kier alpha value is -1.68. The molecule has 1 heterocycles. The number of aromatic nitrogens is 2. The minimum absolute atomic E-state index is 0.370. The Kier molecular flexibility index (Phi) is 4.68. The summed E-state index contributed by atoms with van der Waals surface area (Å²) >= 11 is 0. The van der Waals surface area contributed by atoms with Crippen LogP contribution in [0.5, 0.6) is 0 Å². The van der Waals surface area contributed by atoms with E-state index in [1.165, 1.54) is 0 Å². The van der Waals surface area contributed by atoms with Gasteiger partial charge in [0.05, 0.1) is 0 Å². The summed E-state index contributed by atoms with van der Waals surface area (Å²) in [6.07, 6.45) is 0.769. The van der Waals surface area contributed by atoms with Crippen LogP contribution in [0.2, 0.25) is 0 Å². The van der Waals surface area contributed by atoms with Gasteiger partial charge in [-0.15, -0.1) is 0 Å². The van der Waals surface area contributed by atoms with E-state index in [-0.39, 0.29) is 0 Å². The summed E-state index contributed by atoms with van der Waals surface area (Å²) in [5.74, 6) is 1.89. The second-order valence-electron chi connectivity index (χ2n) is 4.99. The van der Waals surface area contributed by atoms with Crippen LogP contribution in [0.15, 0.2) is 34.9 Å². The molecule has 102 valence electrons. The summed E-state index contributed by atoms with van der Waals surface area (Å²) in [4.78, 5) is 4.47. The molecular formula is C15H21N3O. The molecule has 0 aliphatic carbocycles. The highest BCUT2D eigenvalue weighted by atomic mass is 16.5. The van der Waals surface area contributed by atoms with E-state index in [2.05, 4.69) is 36.2 Å². The Morgan fingerprint density at radius 2 is 1.95 bits per heavy atom. The van der Waals surface area contributed by atoms with Crippen molar-refractivity contribution in [1.82, 2.24) is 15.5 Å². The first kappa shape index (κ1) is 13.7. The molecule has 0 aliphatic heterocycles. The van der Waals surface area contributed by atoms with Gasteiger partial charge in [0.15, 0.2) is 0 Å². The first-order valence-electron chi connectivity index (χ1n) is 6.82. The van der Waals surface area contributed by atoms with Crippen molar-refractivity contribution >= 4 is 0 Å². The fourth-order valence-electron chi connectivity index (χ4n) is 2.04. The van der Waals surface area contributed by atoms with E-state index in [4.69, 9.17) is 4.52 Å². The molecule has 19 heavy (non-hydrogen) atoms. The Morgan fingerprint density at radius 1 is 1.21 bits per heavy atom. The summed E-state index contributed by atoms with van der Waals surface area (Å²) in [5.41, 5.74) is 0.988. The van der Waals surface area contributed by atoms with Crippen molar-refractivity contribution in [3.63, 3.8) is 0 Å². The lowest BCUT2D eigenvalue weighted by Gasteiger charge is -2.19. The van der Waals surface area contributed by atoms with Crippen molar-refractivity contribution < 1.29 is 4.52 Å². The number of hydrogen-bond acceptors (Lipinski definition) is 4. The van der Waals surface area contributed by atoms with Gasteiger partial charge in [-0.1, -0.05) is 56.3 Å². The molecule has 0 fully saturated rings. The third kappa shape index (κ3) is 3.64. The highest BCUT2D eigenvalue weighted by molar-refractivity contribution is 5.53. The van der Waals surface area contributed by atoms with Crippen molar-refractivity contribution in [3.8, 4) is 11.4 Å². The van der Waals surface area contributed by atoms with Gasteiger partial charge in [-0.25, -0.2) is 0 Å². The largest absolute Gasteiger partial charge is 0.339 e. The summed E-state index contributed by atoms with van der Waals surface area (Å²) in [5, 5.41) is 7.50. The fraction of sp³-hybridized carbons (Fsp3) is 0.467. The van der Waals surface area contributed by atoms with Crippen LogP contribution in [0.25, 0.3) is 11.4 Å². The van der Waals surface area contributed by atoms with Crippen LogP contribution in [0.4, 0.5) is 0 Å². The van der Waals surface area contributed by atoms with Gasteiger partial charge in [-0.05, 0) is 12.5 Å². The molecule has 4 nitrogen and oxygen atoms in total. The van der Waals surface area contributed by atoms with E-state index in [9.17, 15) is 0 Å². The maximum atomic E-state index is 5.34. The molecule has 0 aliphatic rings. The van der Waals surface area contributed by atoms with Gasteiger partial charge < -0.3 is 9.84 Å². The number of rotatable bonds is 6. The second kappa shape index (κ2) is 6.48. The zero-order valence-electron chi connectivity index (χ0n) is 11.8. The lowest BCUT2D eigenvalue weighted by Crippen LogP contribution is -2.35. The fourth-order valence-corrected chi connectivity index (χ4v) is 2.04. The maximum Gasteiger partial charge on any atom is 0.228 e. The minimum Gasteiger partial charge on any atom is -0.339 e. The molecule has 0 spiro atoms. The Balaban J connectivity index is 2.09. The number of nitrogens with one attached hydrogen (secondary N) is 1. The van der Waals surface area contributed by atoms with Crippen LogP contribution >= 0.6 is 0 Å². The third-order valence-corrected chi connectivity index (χ3v) is 3.17. The minimum atomic E-state index is 0.370. The Morgan fingerprint density at radius 3 is 2.58 bits per heavy atom. The Labute approximate surface area is 114 Å². The summed E-state index contributed by atoms with van der Waals surface area (Å²) in [6.45, 7) is 7.45. The lowest BCUT2D eigenvalue weighted by atomic mass is 10.0. The van der Waals surface area contributed by atoms with Crippen molar-refractivity contribution in [1.29, 1.82) is 0 Å². The predicted octanol–water partition coefficient (Wildman–Crippen LogP) is 2.91. The van der Waals surface area contributed by atoms with E-state index in [0.29, 0.717) is 23.7 Å². The van der Waals surface area contributed by atoms with Crippen LogP contribution in [0, 0.1) is 5.92 Å². The smallest absolute Gasteiger partial charge is 0.228 e. The average molecular weight is 259 g/mol. The van der Waals surface area contributed by atoms with Gasteiger partial charge in [-0.3, -0.25) is 0 Å². The monoisotopic (exact) mass is 259 g/mol. The highest BCUT2D eigenvalue weighted by Crippen LogP contribution is 2.16. The molecule has 1 aromatic heterocycles. The molecule has 1 atom stereocenters. The van der Waals surface area contributed by atoms with E-state index in [1.54, 1.807) is 0 Å². The topological polar surface area (TPSA) is 51.0 Å². The van der Waals surface area contributed by atoms with Crippen LogP contribution in [0.3, 0.4) is 0 Å². The van der Waals surface area contributed by atoms with Crippen LogP contribution in [-0.4, -0.2) is 22.7 Å². The normalized spacial score (nSPS) is 12.8. The molecule has 0 amide bonds. The zero-order chi connectivity index (χ0) is 13.7. The molecule has 0 bridgehead atoms. The summed E-state index contributed by atoms with van der Waals surface area (Å²) < 4.78 is 5.34. The van der Waals surface area contributed by atoms with Crippen molar-refractivity contribution in [3.05, 3.63) is 36.2 Å². The van der Waals surface area contributed by atoms with E-state index in [1.807, 2.05) is 30.3 Å². The number of hydrogen-bond donors (Lipinski definition) is 1. The lowest BCUT2D eigenvalue weighted by molar-refractivity contribution is 0.329. The van der Waals surface area contributed by atoms with Crippen LogP contribution in [0.1, 0.15) is 26.7 Å². The third-order valence-electron chi connectivity index (χ3n) is 3.17. The average Bonchev–Trinajstić information content (AvgIpc) is 2.88. The molecule has 0 saturated carbocycles. The van der Waals surface area contributed by atoms with E-state index in [0.717, 1.165) is 18.5 Å². The van der Waals surface area contributed by atoms with E-state index >= 15 is 0 Å². The standard InChI is InChI=1S/C15H21N3O/c1-4-16-13(11(2)3)10-14-17-15(18-19-14)12-8-6-5-7-9-12/h5-9,11,13,16H,4,10H2,1-3H3. The molecular weight excluding hydrogens is 238 g/mol. The molecule has 2 rings (SSSR count). The Bertz CT molecular complexity index is 493. The predicted molar refractivity (Wildman–Crippen MR) is 75.7 cm³/mol. The summed E-state index contributed by atoms with van der Waals surface area (Å²) in [7, 11) is 0. The number of benzene rings is 1. The van der Waals surface area contributed by atoms with Crippen LogP contribution < -0.4 is 5.32 Å². The van der Waals surface area contributed by atoms with E-state index < -0.39 is 0 Å².